The van der Waals surface area contributed by atoms with Gasteiger partial charge in [0, 0.05) is 16.7 Å². The quantitative estimate of drug-likeness (QED) is 0.471. The second-order valence-electron chi connectivity index (χ2n) is 6.41. The minimum absolute atomic E-state index is 0.669. The van der Waals surface area contributed by atoms with Crippen LogP contribution in [0.5, 0.6) is 5.75 Å². The van der Waals surface area contributed by atoms with Gasteiger partial charge in [-0.05, 0) is 30.2 Å². The van der Waals surface area contributed by atoms with Crippen LogP contribution in [-0.4, -0.2) is 22.1 Å². The standard InChI is InChI=1S/C24H21N3O/c1-3-17-16-20(28-2)14-15-21(17)24-26-22(18-10-6-4-7-11-18)25-23(27-24)19-12-8-5-9-13-19/h4-16H,3H2,1-2H3. The van der Waals surface area contributed by atoms with E-state index in [1.807, 2.05) is 78.9 Å². The van der Waals surface area contributed by atoms with Crippen molar-refractivity contribution in [1.29, 1.82) is 0 Å². The molecule has 0 aliphatic carbocycles. The highest BCUT2D eigenvalue weighted by atomic mass is 16.5. The van der Waals surface area contributed by atoms with Crippen molar-refractivity contribution in [2.24, 2.45) is 0 Å². The van der Waals surface area contributed by atoms with Crippen LogP contribution in [0.25, 0.3) is 34.2 Å². The lowest BCUT2D eigenvalue weighted by Gasteiger charge is -2.12. The summed E-state index contributed by atoms with van der Waals surface area (Å²) < 4.78 is 5.38. The largest absolute Gasteiger partial charge is 0.497 e. The topological polar surface area (TPSA) is 47.9 Å². The van der Waals surface area contributed by atoms with Gasteiger partial charge in [-0.1, -0.05) is 67.6 Å². The first-order valence-corrected chi connectivity index (χ1v) is 9.32. The van der Waals surface area contributed by atoms with E-state index in [1.165, 1.54) is 0 Å². The zero-order chi connectivity index (χ0) is 19.3. The van der Waals surface area contributed by atoms with Crippen LogP contribution in [-0.2, 0) is 6.42 Å². The lowest BCUT2D eigenvalue weighted by atomic mass is 10.0. The van der Waals surface area contributed by atoms with Crippen LogP contribution in [0.1, 0.15) is 12.5 Å². The molecule has 4 rings (SSSR count). The first-order chi connectivity index (χ1) is 13.8. The lowest BCUT2D eigenvalue weighted by Crippen LogP contribution is -2.02. The molecule has 0 saturated carbocycles. The number of rotatable bonds is 5. The van der Waals surface area contributed by atoms with Crippen molar-refractivity contribution in [3.63, 3.8) is 0 Å². The number of ether oxygens (including phenoxy) is 1. The van der Waals surface area contributed by atoms with Crippen molar-refractivity contribution < 1.29 is 4.74 Å². The van der Waals surface area contributed by atoms with E-state index < -0.39 is 0 Å². The van der Waals surface area contributed by atoms with Gasteiger partial charge in [0.25, 0.3) is 0 Å². The number of aryl methyl sites for hydroxylation is 1. The van der Waals surface area contributed by atoms with Gasteiger partial charge in [-0.25, -0.2) is 15.0 Å². The van der Waals surface area contributed by atoms with E-state index in [9.17, 15) is 0 Å². The fraction of sp³-hybridized carbons (Fsp3) is 0.125. The number of nitrogens with zero attached hydrogens (tertiary/aromatic N) is 3. The fourth-order valence-electron chi connectivity index (χ4n) is 3.14. The molecule has 28 heavy (non-hydrogen) atoms. The number of aromatic nitrogens is 3. The second kappa shape index (κ2) is 8.01. The van der Waals surface area contributed by atoms with Gasteiger partial charge in [0.2, 0.25) is 0 Å². The maximum absolute atomic E-state index is 5.38. The van der Waals surface area contributed by atoms with Crippen LogP contribution in [0.2, 0.25) is 0 Å². The molecule has 1 heterocycles. The maximum Gasteiger partial charge on any atom is 0.164 e. The van der Waals surface area contributed by atoms with Gasteiger partial charge in [0.1, 0.15) is 5.75 Å². The number of hydrogen-bond donors (Lipinski definition) is 0. The van der Waals surface area contributed by atoms with Crippen LogP contribution in [0, 0.1) is 0 Å². The van der Waals surface area contributed by atoms with E-state index in [1.54, 1.807) is 7.11 Å². The molecule has 4 heteroatoms. The highest BCUT2D eigenvalue weighted by Crippen LogP contribution is 2.29. The highest BCUT2D eigenvalue weighted by molar-refractivity contribution is 5.68. The summed E-state index contributed by atoms with van der Waals surface area (Å²) in [7, 11) is 1.68. The Bertz CT molecular complexity index is 1020. The smallest absolute Gasteiger partial charge is 0.164 e. The van der Waals surface area contributed by atoms with Gasteiger partial charge in [0.05, 0.1) is 7.11 Å². The Kier molecular flexibility index (Phi) is 5.11. The minimum Gasteiger partial charge on any atom is -0.497 e. The Morgan fingerprint density at radius 3 is 1.71 bits per heavy atom. The Morgan fingerprint density at radius 1 is 0.679 bits per heavy atom. The molecule has 0 N–H and O–H groups in total. The van der Waals surface area contributed by atoms with Crippen LogP contribution in [0.4, 0.5) is 0 Å². The minimum atomic E-state index is 0.669. The molecule has 0 saturated heterocycles. The Balaban J connectivity index is 1.92. The Labute approximate surface area is 164 Å². The SMILES string of the molecule is CCc1cc(OC)ccc1-c1nc(-c2ccccc2)nc(-c2ccccc2)n1. The molecule has 0 unspecified atom stereocenters. The molecule has 0 aliphatic rings. The van der Waals surface area contributed by atoms with Crippen molar-refractivity contribution in [3.05, 3.63) is 84.4 Å². The van der Waals surface area contributed by atoms with Crippen molar-refractivity contribution >= 4 is 0 Å². The van der Waals surface area contributed by atoms with Gasteiger partial charge in [-0.3, -0.25) is 0 Å². The molecule has 138 valence electrons. The lowest BCUT2D eigenvalue weighted by molar-refractivity contribution is 0.414. The van der Waals surface area contributed by atoms with Crippen molar-refractivity contribution in [1.82, 2.24) is 15.0 Å². The summed E-state index contributed by atoms with van der Waals surface area (Å²) in [6.07, 6.45) is 0.861. The number of benzene rings is 3. The average molecular weight is 367 g/mol. The van der Waals surface area contributed by atoms with E-state index in [4.69, 9.17) is 19.7 Å². The number of methoxy groups -OCH3 is 1. The summed E-state index contributed by atoms with van der Waals surface area (Å²) in [5.74, 6) is 2.85. The van der Waals surface area contributed by atoms with Gasteiger partial charge in [0.15, 0.2) is 17.5 Å². The molecule has 0 bridgehead atoms. The van der Waals surface area contributed by atoms with Crippen molar-refractivity contribution in [3.8, 4) is 39.9 Å². The molecule has 0 fully saturated rings. The van der Waals surface area contributed by atoms with E-state index in [-0.39, 0.29) is 0 Å². The molecule has 4 nitrogen and oxygen atoms in total. The summed E-state index contributed by atoms with van der Waals surface area (Å²) in [6.45, 7) is 2.12. The third kappa shape index (κ3) is 3.62. The molecule has 0 radical (unpaired) electrons. The van der Waals surface area contributed by atoms with Gasteiger partial charge < -0.3 is 4.74 Å². The summed E-state index contributed by atoms with van der Waals surface area (Å²) >= 11 is 0. The van der Waals surface area contributed by atoms with E-state index in [0.717, 1.165) is 34.4 Å². The normalized spacial score (nSPS) is 10.6. The zero-order valence-electron chi connectivity index (χ0n) is 16.0. The molecule has 0 aliphatic heterocycles. The monoisotopic (exact) mass is 367 g/mol. The summed E-state index contributed by atoms with van der Waals surface area (Å²) in [4.78, 5) is 14.3. The highest BCUT2D eigenvalue weighted by Gasteiger charge is 2.14. The zero-order valence-corrected chi connectivity index (χ0v) is 16.0. The van der Waals surface area contributed by atoms with Gasteiger partial charge in [-0.2, -0.15) is 0 Å². The molecule has 0 spiro atoms. The average Bonchev–Trinajstić information content (AvgIpc) is 2.79. The molecule has 3 aromatic carbocycles. The molecule has 4 aromatic rings. The van der Waals surface area contributed by atoms with Crippen LogP contribution < -0.4 is 4.74 Å². The number of hydrogen-bond acceptors (Lipinski definition) is 4. The predicted octanol–water partition coefficient (Wildman–Crippen LogP) is 5.44. The predicted molar refractivity (Wildman–Crippen MR) is 112 cm³/mol. The first-order valence-electron chi connectivity index (χ1n) is 9.32. The molecule has 0 atom stereocenters. The van der Waals surface area contributed by atoms with E-state index in [0.29, 0.717) is 17.5 Å². The van der Waals surface area contributed by atoms with Gasteiger partial charge >= 0.3 is 0 Å². The molecule has 0 amide bonds. The first kappa shape index (κ1) is 17.9. The van der Waals surface area contributed by atoms with Crippen LogP contribution in [0.3, 0.4) is 0 Å². The Morgan fingerprint density at radius 2 is 1.21 bits per heavy atom. The maximum atomic E-state index is 5.38. The molecule has 1 aromatic heterocycles. The summed E-state index contributed by atoms with van der Waals surface area (Å²) in [5, 5.41) is 0. The second-order valence-corrected chi connectivity index (χ2v) is 6.41. The molecular formula is C24H21N3O. The Hall–Kier alpha value is -3.53. The van der Waals surface area contributed by atoms with Gasteiger partial charge in [-0.15, -0.1) is 0 Å². The van der Waals surface area contributed by atoms with E-state index >= 15 is 0 Å². The fourth-order valence-corrected chi connectivity index (χ4v) is 3.14. The summed E-state index contributed by atoms with van der Waals surface area (Å²) in [6, 6.07) is 26.0. The van der Waals surface area contributed by atoms with Crippen LogP contribution in [0.15, 0.2) is 78.9 Å². The van der Waals surface area contributed by atoms with Crippen molar-refractivity contribution in [2.45, 2.75) is 13.3 Å². The van der Waals surface area contributed by atoms with E-state index in [2.05, 4.69) is 6.92 Å². The van der Waals surface area contributed by atoms with Crippen LogP contribution >= 0.6 is 0 Å². The third-order valence-electron chi connectivity index (χ3n) is 4.63. The van der Waals surface area contributed by atoms with Crippen molar-refractivity contribution in [2.75, 3.05) is 7.11 Å². The summed E-state index contributed by atoms with van der Waals surface area (Å²) in [5.41, 5.74) is 4.08. The molecular weight excluding hydrogens is 346 g/mol. The third-order valence-corrected chi connectivity index (χ3v) is 4.63.